The molecular weight excluding hydrogens is 768 g/mol. The number of rotatable bonds is 9. The third kappa shape index (κ3) is 8.08. The standard InChI is InChI=1S/C40H46F3N5O8S/c1-22-23(2)56-46-33(22)31(49)16-24-10-8-6-5-7-9-11-25-19-40(25,37(52)47-57(53,54)38(3)14-15-38)20-32(50)30-18-27(21-48(30)36(24)51)55-35-34(39(4,42)43)44-28-13-12-26(41)17-29(28)45-35/h9,11-13,17,24-25,27,30H,5-8,10,14-16,18-21H2,1-4H3,(H,47,52)/b11-9-/t24-,25-,27-,30+,40-/m1/s1. The molecule has 1 aromatic carbocycles. The Morgan fingerprint density at radius 1 is 1.11 bits per heavy atom. The molecule has 2 amide bonds. The highest BCUT2D eigenvalue weighted by Crippen LogP contribution is 2.57. The van der Waals surface area contributed by atoms with Crippen molar-refractivity contribution in [3.8, 4) is 5.88 Å². The fraction of sp³-hybridized carbons (Fsp3) is 0.575. The monoisotopic (exact) mass is 813 g/mol. The fourth-order valence-corrected chi connectivity index (χ4v) is 9.29. The highest BCUT2D eigenvalue weighted by Gasteiger charge is 2.62. The zero-order valence-electron chi connectivity index (χ0n) is 32.3. The first-order valence-electron chi connectivity index (χ1n) is 19.4. The number of hydrogen-bond donors (Lipinski definition) is 1. The van der Waals surface area contributed by atoms with E-state index in [1.54, 1.807) is 20.8 Å². The second-order valence-electron chi connectivity index (χ2n) is 16.5. The molecule has 17 heteroatoms. The van der Waals surface area contributed by atoms with Crippen molar-refractivity contribution in [2.24, 2.45) is 17.3 Å². The number of nitrogens with one attached hydrogen (secondary N) is 1. The van der Waals surface area contributed by atoms with E-state index in [9.17, 15) is 40.8 Å². The summed E-state index contributed by atoms with van der Waals surface area (Å²) in [4.78, 5) is 66.2. The minimum Gasteiger partial charge on any atom is -0.471 e. The molecular formula is C40H46F3N5O8S. The molecule has 2 aliphatic heterocycles. The van der Waals surface area contributed by atoms with Crippen LogP contribution in [0.5, 0.6) is 5.88 Å². The molecule has 0 unspecified atom stereocenters. The van der Waals surface area contributed by atoms with E-state index in [0.717, 1.165) is 18.6 Å². The minimum absolute atomic E-state index is 0.00377. The van der Waals surface area contributed by atoms with E-state index in [0.29, 0.717) is 56.8 Å². The smallest absolute Gasteiger partial charge is 0.292 e. The van der Waals surface area contributed by atoms with E-state index in [1.807, 2.05) is 12.2 Å². The topological polar surface area (TPSA) is 179 Å². The first-order valence-corrected chi connectivity index (χ1v) is 20.9. The van der Waals surface area contributed by atoms with Gasteiger partial charge < -0.3 is 14.2 Å². The number of nitrogens with zero attached hydrogens (tertiary/aromatic N) is 4. The summed E-state index contributed by atoms with van der Waals surface area (Å²) < 4.78 is 82.9. The van der Waals surface area contributed by atoms with Gasteiger partial charge in [-0.05, 0) is 77.3 Å². The van der Waals surface area contributed by atoms with Crippen LogP contribution in [-0.4, -0.2) is 75.3 Å². The molecule has 13 nitrogen and oxygen atoms in total. The maximum absolute atomic E-state index is 15.0. The number of fused-ring (bicyclic) bond motifs is 3. The molecule has 3 fully saturated rings. The second kappa shape index (κ2) is 14.9. The van der Waals surface area contributed by atoms with Gasteiger partial charge in [-0.2, -0.15) is 8.78 Å². The largest absolute Gasteiger partial charge is 0.471 e. The van der Waals surface area contributed by atoms with Gasteiger partial charge in [-0.15, -0.1) is 0 Å². The average molecular weight is 814 g/mol. The number of ether oxygens (including phenoxy) is 1. The summed E-state index contributed by atoms with van der Waals surface area (Å²) in [6.45, 7) is 5.25. The van der Waals surface area contributed by atoms with Gasteiger partial charge in [0, 0.05) is 43.7 Å². The van der Waals surface area contributed by atoms with Crippen LogP contribution in [0.3, 0.4) is 0 Å². The third-order valence-electron chi connectivity index (χ3n) is 12.1. The second-order valence-corrected chi connectivity index (χ2v) is 18.7. The van der Waals surface area contributed by atoms with Crippen LogP contribution in [0, 0.1) is 36.9 Å². The lowest BCUT2D eigenvalue weighted by Gasteiger charge is -2.29. The van der Waals surface area contributed by atoms with Gasteiger partial charge in [0.15, 0.2) is 23.0 Å². The van der Waals surface area contributed by atoms with Gasteiger partial charge >= 0.3 is 0 Å². The van der Waals surface area contributed by atoms with Crippen molar-refractivity contribution in [3.63, 3.8) is 0 Å². The molecule has 4 aliphatic rings. The van der Waals surface area contributed by atoms with Crippen LogP contribution in [0.2, 0.25) is 0 Å². The van der Waals surface area contributed by atoms with E-state index in [1.165, 1.54) is 11.0 Å². The van der Waals surface area contributed by atoms with Crippen LogP contribution in [0.4, 0.5) is 13.2 Å². The van der Waals surface area contributed by atoms with Crippen molar-refractivity contribution in [2.75, 3.05) is 6.54 Å². The van der Waals surface area contributed by atoms with Gasteiger partial charge in [0.1, 0.15) is 17.7 Å². The number of allylic oxidation sites excluding steroid dienone is 2. The summed E-state index contributed by atoms with van der Waals surface area (Å²) in [7, 11) is -4.04. The Morgan fingerprint density at radius 2 is 1.86 bits per heavy atom. The Labute approximate surface area is 328 Å². The van der Waals surface area contributed by atoms with Crippen molar-refractivity contribution in [1.29, 1.82) is 0 Å². The lowest BCUT2D eigenvalue weighted by atomic mass is 9.90. The molecule has 2 saturated carbocycles. The fourth-order valence-electron chi connectivity index (χ4n) is 7.96. The Morgan fingerprint density at radius 3 is 2.54 bits per heavy atom. The van der Waals surface area contributed by atoms with Crippen molar-refractivity contribution in [1.82, 2.24) is 24.7 Å². The zero-order valence-corrected chi connectivity index (χ0v) is 33.1. The van der Waals surface area contributed by atoms with Gasteiger partial charge in [0.2, 0.25) is 27.7 Å². The van der Waals surface area contributed by atoms with Crippen LogP contribution >= 0.6 is 0 Å². The summed E-state index contributed by atoms with van der Waals surface area (Å²) in [5.74, 6) is -8.01. The number of aromatic nitrogens is 3. The van der Waals surface area contributed by atoms with E-state index < -0.39 is 97.3 Å². The summed E-state index contributed by atoms with van der Waals surface area (Å²) >= 11 is 0. The number of amides is 2. The molecule has 1 saturated heterocycles. The number of benzene rings is 1. The summed E-state index contributed by atoms with van der Waals surface area (Å²) in [5, 5.41) is 3.91. The normalized spacial score (nSPS) is 27.2. The van der Waals surface area contributed by atoms with Crippen LogP contribution in [0.25, 0.3) is 11.0 Å². The lowest BCUT2D eigenvalue weighted by Crippen LogP contribution is -2.47. The van der Waals surface area contributed by atoms with Gasteiger partial charge in [-0.3, -0.25) is 23.9 Å². The van der Waals surface area contributed by atoms with Crippen LogP contribution in [0.1, 0.15) is 112 Å². The first-order chi connectivity index (χ1) is 26.8. The van der Waals surface area contributed by atoms with Crippen molar-refractivity contribution >= 4 is 44.4 Å². The van der Waals surface area contributed by atoms with Gasteiger partial charge in [0.05, 0.1) is 33.8 Å². The van der Waals surface area contributed by atoms with Gasteiger partial charge in [-0.25, -0.2) is 22.8 Å². The number of sulfonamides is 1. The SMILES string of the molecule is Cc1onc(C(=O)C[C@H]2CCCCC/C=C\[C@@H]3C[C@@]3(C(=O)NS(=O)(=O)C3(C)CC3)CC(=O)[C@@H]3C[C@@H](Oc4nc5cc(F)ccc5nc4C(C)(F)F)CN3C2=O)c1C. The summed E-state index contributed by atoms with van der Waals surface area (Å²) in [6, 6.07) is 2.07. The number of carbonyl (C=O) groups is 4. The molecule has 1 N–H and O–H groups in total. The number of hydrogen-bond acceptors (Lipinski definition) is 11. The first kappa shape index (κ1) is 40.5. The molecule has 2 aliphatic carbocycles. The van der Waals surface area contributed by atoms with Crippen molar-refractivity contribution < 1.29 is 50.0 Å². The molecule has 57 heavy (non-hydrogen) atoms. The van der Waals surface area contributed by atoms with Crippen molar-refractivity contribution in [2.45, 2.75) is 121 Å². The molecule has 5 atom stereocenters. The van der Waals surface area contributed by atoms with E-state index >= 15 is 0 Å². The highest BCUT2D eigenvalue weighted by molar-refractivity contribution is 7.91. The number of carbonyl (C=O) groups excluding carboxylic acids is 4. The van der Waals surface area contributed by atoms with Crippen LogP contribution in [0.15, 0.2) is 34.9 Å². The molecule has 0 radical (unpaired) electrons. The van der Waals surface area contributed by atoms with Crippen LogP contribution < -0.4 is 9.46 Å². The number of Topliss-reactive ketones (excluding diaryl/α,β-unsaturated/α-hetero) is 2. The average Bonchev–Trinajstić information content (AvgIpc) is 3.97. The van der Waals surface area contributed by atoms with E-state index in [2.05, 4.69) is 19.8 Å². The molecule has 4 heterocycles. The molecule has 2 aromatic heterocycles. The van der Waals surface area contributed by atoms with Crippen molar-refractivity contribution in [3.05, 3.63) is 58.9 Å². The summed E-state index contributed by atoms with van der Waals surface area (Å²) in [5.41, 5.74) is -1.63. The number of halogens is 3. The maximum atomic E-state index is 15.0. The Hall–Kier alpha value is -4.67. The molecule has 0 spiro atoms. The van der Waals surface area contributed by atoms with E-state index in [-0.39, 0.29) is 42.5 Å². The zero-order chi connectivity index (χ0) is 41.1. The summed E-state index contributed by atoms with van der Waals surface area (Å²) in [6.07, 6.45) is 5.82. The highest BCUT2D eigenvalue weighted by atomic mass is 32.2. The molecule has 0 bridgehead atoms. The van der Waals surface area contributed by atoms with Crippen LogP contribution in [-0.2, 0) is 30.3 Å². The third-order valence-corrected chi connectivity index (χ3v) is 14.3. The number of alkyl halides is 2. The van der Waals surface area contributed by atoms with Gasteiger partial charge in [-0.1, -0.05) is 30.2 Å². The molecule has 7 rings (SSSR count). The maximum Gasteiger partial charge on any atom is 0.292 e. The predicted molar refractivity (Wildman–Crippen MR) is 199 cm³/mol. The Balaban J connectivity index is 1.23. The predicted octanol–water partition coefficient (Wildman–Crippen LogP) is 6.21. The minimum atomic E-state index is -4.04. The number of aryl methyl sites for hydroxylation is 1. The Kier molecular flexibility index (Phi) is 10.6. The molecule has 3 aromatic rings. The quantitative estimate of drug-likeness (QED) is 0.192. The molecule has 306 valence electrons. The Bertz CT molecular complexity index is 2270. The van der Waals surface area contributed by atoms with Gasteiger partial charge in [0.25, 0.3) is 5.92 Å². The lowest BCUT2D eigenvalue weighted by molar-refractivity contribution is -0.142. The number of ketones is 2. The van der Waals surface area contributed by atoms with E-state index in [4.69, 9.17) is 9.26 Å².